The van der Waals surface area contributed by atoms with E-state index >= 15 is 4.79 Å². The maximum Gasteiger partial charge on any atom is 0.407 e. The SMILES string of the molecule is CCOC(=O)C(CCc1ccccc1)N[C@@H](CCCCN)C(=O)N1CCC[C@H]1C(=O)OC(c1ccccc1)(c1ccccc1)c1ccc(C)cc1.CCOC(=O)C(CCc1ccccc1)N[C@@H](CCCCNC(=O)CNC(=O)CNC(=O)OCC1c2ccccc2-c2ccccc21)C(=O)N1CCC[C@H]1C(=O)OC(c1ccccc1)(c1ccccc1)c1ccc(C)cc1. The molecule has 2 heterocycles. The topological polar surface area (TPSA) is 292 Å². The number of amides is 5. The van der Waals surface area contributed by atoms with Crippen molar-refractivity contribution < 1.29 is 66.8 Å². The van der Waals surface area contributed by atoms with Gasteiger partial charge in [-0.15, -0.1) is 0 Å². The molecule has 10 aromatic carbocycles. The molecule has 0 saturated carbocycles. The highest BCUT2D eigenvalue weighted by molar-refractivity contribution is 5.91. The van der Waals surface area contributed by atoms with Crippen LogP contribution in [0.15, 0.2) is 279 Å². The van der Waals surface area contributed by atoms with Crippen LogP contribution >= 0.6 is 0 Å². The molecule has 0 radical (unpaired) electrons. The standard InChI is InChI=1S/C62H67N5O9.C43H51N3O5/c1-3-74-59(71)54(37-34-44-20-7-4-8-21-44)66-53(30-17-18-38-63-56(68)40-64-57(69)41-65-61(73)75-42-52-50-28-15-13-26-48(50)49-27-14-16-29-51(49)52)58(70)67-39-19-31-55(67)60(72)76-62(45-22-9-5-10-23-45,46-24-11-6-12-25-46)47-35-32-43(2)33-36-47;1-3-50-41(48)38(29-26-33-16-7-4-8-17-33)45-37(22-13-14-30-44)40(47)46-31-15-23-39(46)42(49)51-43(34-18-9-5-10-19-34,35-20-11-6-12-21-35)36-27-24-32(2)25-28-36/h4-16,20-29,32-33,35-36,52-55,66H,3,17-19,30-31,34,37-42H2,1-2H3,(H,63,68)(H,64,69)(H,65,73);4-12,16-21,24-25,27-28,37-39,45H,3,13-15,22-23,26,29-31,44H2,1-2H3/t53-,54?,55-;37-,38?,39-/m00/s1. The number of hydrogen-bond donors (Lipinski definition) is 6. The summed E-state index contributed by atoms with van der Waals surface area (Å²) in [5, 5.41) is 14.5. The van der Waals surface area contributed by atoms with Gasteiger partial charge in [-0.05, 0) is 151 Å². The second kappa shape index (κ2) is 46.9. The Hall–Kier alpha value is -12.9. The van der Waals surface area contributed by atoms with Crippen LogP contribution in [0.2, 0.25) is 0 Å². The van der Waals surface area contributed by atoms with Crippen molar-refractivity contribution in [2.45, 2.75) is 171 Å². The first-order chi connectivity index (χ1) is 61.9. The monoisotopic (exact) mass is 1710 g/mol. The predicted octanol–water partition coefficient (Wildman–Crippen LogP) is 14.8. The number of aryl methyl sites for hydroxylation is 4. The van der Waals surface area contributed by atoms with E-state index in [0.717, 1.165) is 84.3 Å². The predicted molar refractivity (Wildman–Crippen MR) is 490 cm³/mol. The van der Waals surface area contributed by atoms with Crippen molar-refractivity contribution in [3.63, 3.8) is 0 Å². The van der Waals surface area contributed by atoms with E-state index < -0.39 is 89.2 Å². The summed E-state index contributed by atoms with van der Waals surface area (Å²) in [4.78, 5) is 127. The van der Waals surface area contributed by atoms with Gasteiger partial charge in [-0.25, -0.2) is 14.4 Å². The third-order valence-corrected chi connectivity index (χ3v) is 23.8. The number of alkyl carbamates (subject to hydrolysis) is 1. The molecule has 5 amide bonds. The minimum atomic E-state index is -1.34. The summed E-state index contributed by atoms with van der Waals surface area (Å²) < 4.78 is 30.1. The van der Waals surface area contributed by atoms with E-state index in [1.54, 1.807) is 23.6 Å². The van der Waals surface area contributed by atoms with Gasteiger partial charge < -0.3 is 55.2 Å². The van der Waals surface area contributed by atoms with Gasteiger partial charge in [0, 0.05) is 58.9 Å². The van der Waals surface area contributed by atoms with E-state index in [-0.39, 0.29) is 63.6 Å². The Kier molecular flexibility index (Phi) is 34.4. The molecule has 13 rings (SSSR count). The maximum absolute atomic E-state index is 15.0. The summed E-state index contributed by atoms with van der Waals surface area (Å²) in [6, 6.07) is 85.6. The number of carbonyl (C=O) groups is 9. The lowest BCUT2D eigenvalue weighted by Gasteiger charge is -2.37. The molecule has 22 heteroatoms. The molecule has 3 aliphatic rings. The molecule has 6 atom stereocenters. The number of hydrogen-bond acceptors (Lipinski definition) is 17. The van der Waals surface area contributed by atoms with E-state index in [2.05, 4.69) is 26.6 Å². The number of nitrogens with two attached hydrogens (primary N) is 1. The molecule has 0 spiro atoms. The summed E-state index contributed by atoms with van der Waals surface area (Å²) in [7, 11) is 0. The summed E-state index contributed by atoms with van der Waals surface area (Å²) in [5.74, 6) is -3.59. The molecule has 22 nitrogen and oxygen atoms in total. The third-order valence-electron chi connectivity index (χ3n) is 23.8. The van der Waals surface area contributed by atoms with Gasteiger partial charge in [0.15, 0.2) is 11.2 Å². The Morgan fingerprint density at radius 2 is 0.748 bits per heavy atom. The Bertz CT molecular complexity index is 5100. The number of esters is 4. The minimum Gasteiger partial charge on any atom is -0.465 e. The summed E-state index contributed by atoms with van der Waals surface area (Å²) >= 11 is 0. The molecule has 0 bridgehead atoms. The van der Waals surface area contributed by atoms with Crippen molar-refractivity contribution >= 4 is 53.6 Å². The fourth-order valence-electron chi connectivity index (χ4n) is 17.3. The average Bonchev–Trinajstić information content (AvgIpc) is 1.21. The second-order valence-electron chi connectivity index (χ2n) is 32.5. The zero-order valence-corrected chi connectivity index (χ0v) is 73.1. The number of likely N-dealkylation sites (tertiary alicyclic amines) is 2. The van der Waals surface area contributed by atoms with Crippen LogP contribution in [-0.2, 0) is 86.1 Å². The van der Waals surface area contributed by atoms with Crippen LogP contribution in [0.1, 0.15) is 164 Å². The summed E-state index contributed by atoms with van der Waals surface area (Å²) in [6.45, 7) is 8.78. The first-order valence-electron chi connectivity index (χ1n) is 44.6. The van der Waals surface area contributed by atoms with Gasteiger partial charge in [0.1, 0.15) is 37.3 Å². The molecule has 2 unspecified atom stereocenters. The van der Waals surface area contributed by atoms with Gasteiger partial charge in [-0.1, -0.05) is 297 Å². The number of carbonyl (C=O) groups excluding carboxylic acids is 9. The van der Waals surface area contributed by atoms with Crippen LogP contribution < -0.4 is 32.3 Å². The number of unbranched alkanes of at least 4 members (excludes halogenated alkanes) is 2. The number of benzene rings is 10. The number of nitrogens with one attached hydrogen (secondary N) is 5. The Balaban J connectivity index is 0.000000250. The number of fused-ring (bicyclic) bond motifs is 3. The number of nitrogens with zero attached hydrogens (tertiary/aromatic N) is 2. The molecular formula is C105H118N8O14. The van der Waals surface area contributed by atoms with E-state index in [1.807, 2.05) is 293 Å². The first-order valence-corrected chi connectivity index (χ1v) is 44.6. The van der Waals surface area contributed by atoms with Crippen molar-refractivity contribution in [3.8, 4) is 11.1 Å². The van der Waals surface area contributed by atoms with E-state index in [9.17, 15) is 38.4 Å². The van der Waals surface area contributed by atoms with E-state index in [0.29, 0.717) is 96.7 Å². The van der Waals surface area contributed by atoms with Crippen molar-refractivity contribution in [2.24, 2.45) is 5.73 Å². The summed E-state index contributed by atoms with van der Waals surface area (Å²) in [6.07, 6.45) is 6.41. The molecule has 2 saturated heterocycles. The fraction of sp³-hybridized carbons (Fsp3) is 0.343. The Morgan fingerprint density at radius 3 is 1.14 bits per heavy atom. The lowest BCUT2D eigenvalue weighted by Crippen LogP contribution is -2.55. The molecule has 7 N–H and O–H groups in total. The van der Waals surface area contributed by atoms with Crippen molar-refractivity contribution in [1.82, 2.24) is 36.4 Å². The zero-order chi connectivity index (χ0) is 89.3. The lowest BCUT2D eigenvalue weighted by molar-refractivity contribution is -0.163. The van der Waals surface area contributed by atoms with Gasteiger partial charge in [0.2, 0.25) is 23.6 Å². The number of ether oxygens (including phenoxy) is 5. The van der Waals surface area contributed by atoms with Gasteiger partial charge in [0.05, 0.1) is 31.8 Å². The molecule has 127 heavy (non-hydrogen) atoms. The molecule has 662 valence electrons. The van der Waals surface area contributed by atoms with Gasteiger partial charge in [-0.2, -0.15) is 0 Å². The molecular weight excluding hydrogens is 1600 g/mol. The minimum absolute atomic E-state index is 0.0996. The number of rotatable bonds is 41. The van der Waals surface area contributed by atoms with Gasteiger partial charge in [-0.3, -0.25) is 39.4 Å². The van der Waals surface area contributed by atoms with Crippen molar-refractivity contribution in [1.29, 1.82) is 0 Å². The van der Waals surface area contributed by atoms with Crippen LogP contribution in [0.4, 0.5) is 4.79 Å². The molecule has 10 aromatic rings. The highest BCUT2D eigenvalue weighted by Gasteiger charge is 2.49. The third kappa shape index (κ3) is 24.4. The highest BCUT2D eigenvalue weighted by Crippen LogP contribution is 2.46. The van der Waals surface area contributed by atoms with Crippen molar-refractivity contribution in [3.05, 3.63) is 346 Å². The smallest absolute Gasteiger partial charge is 0.407 e. The molecule has 0 aromatic heterocycles. The van der Waals surface area contributed by atoms with Crippen LogP contribution in [0.5, 0.6) is 0 Å². The normalized spacial score (nSPS) is 15.0. The lowest BCUT2D eigenvalue weighted by atomic mass is 9.79. The van der Waals surface area contributed by atoms with Crippen LogP contribution in [0.3, 0.4) is 0 Å². The van der Waals surface area contributed by atoms with Crippen molar-refractivity contribution in [2.75, 3.05) is 59.1 Å². The Morgan fingerprint density at radius 1 is 0.394 bits per heavy atom. The fourth-order valence-corrected chi connectivity index (χ4v) is 17.3. The van der Waals surface area contributed by atoms with Crippen LogP contribution in [-0.4, -0.2) is 159 Å². The van der Waals surface area contributed by atoms with Crippen LogP contribution in [0.25, 0.3) is 11.1 Å². The van der Waals surface area contributed by atoms with Gasteiger partial charge in [0.25, 0.3) is 0 Å². The molecule has 2 aliphatic heterocycles. The average molecular weight is 1720 g/mol. The second-order valence-corrected chi connectivity index (χ2v) is 32.5. The van der Waals surface area contributed by atoms with E-state index in [4.69, 9.17) is 29.4 Å². The van der Waals surface area contributed by atoms with Crippen LogP contribution in [0, 0.1) is 13.8 Å². The van der Waals surface area contributed by atoms with Gasteiger partial charge >= 0.3 is 30.0 Å². The largest absolute Gasteiger partial charge is 0.465 e. The Labute approximate surface area is 745 Å². The summed E-state index contributed by atoms with van der Waals surface area (Å²) in [5.41, 5.74) is 16.5. The molecule has 1 aliphatic carbocycles. The highest BCUT2D eigenvalue weighted by atomic mass is 16.6. The molecule has 2 fully saturated rings. The van der Waals surface area contributed by atoms with E-state index in [1.165, 1.54) is 0 Å². The quantitative estimate of drug-likeness (QED) is 0.00898. The zero-order valence-electron chi connectivity index (χ0n) is 73.1. The maximum atomic E-state index is 15.0. The first kappa shape index (κ1) is 93.3.